The second-order valence-electron chi connectivity index (χ2n) is 4.49. The lowest BCUT2D eigenvalue weighted by atomic mass is 9.81. The number of aliphatic hydroxyl groups is 2. The number of allylic oxidation sites excluding steroid dienone is 2. The maximum atomic E-state index is 9.87. The number of hydrogen-bond donors (Lipinski definition) is 2. The van der Waals surface area contributed by atoms with Gasteiger partial charge < -0.3 is 14.9 Å². The summed E-state index contributed by atoms with van der Waals surface area (Å²) in [7, 11) is 1.65. The van der Waals surface area contributed by atoms with Gasteiger partial charge in [-0.25, -0.2) is 0 Å². The predicted octanol–water partition coefficient (Wildman–Crippen LogP) is 2.68. The predicted molar refractivity (Wildman–Crippen MR) is 59.8 cm³/mol. The molecule has 0 aromatic heterocycles. The van der Waals surface area contributed by atoms with Gasteiger partial charge in [0.05, 0.1) is 7.11 Å². The number of aliphatic hydroxyl groups excluding tert-OH is 2. The molecule has 1 aromatic carbocycles. The van der Waals surface area contributed by atoms with Gasteiger partial charge in [0, 0.05) is 11.8 Å². The number of rotatable bonds is 1. The van der Waals surface area contributed by atoms with Gasteiger partial charge in [0.2, 0.25) is 0 Å². The first-order chi connectivity index (χ1) is 7.72. The first-order valence-corrected chi connectivity index (χ1v) is 5.50. The third-order valence-corrected chi connectivity index (χ3v) is 3.71. The molecule has 0 aliphatic heterocycles. The number of hydrogen-bond acceptors (Lipinski definition) is 3. The topological polar surface area (TPSA) is 49.7 Å². The van der Waals surface area contributed by atoms with Crippen LogP contribution in [0.3, 0.4) is 0 Å². The highest BCUT2D eigenvalue weighted by atomic mass is 16.5. The Hall–Kier alpha value is -1.64. The maximum absolute atomic E-state index is 9.87. The molecule has 1 aromatic rings. The highest BCUT2D eigenvalue weighted by Gasteiger charge is 2.41. The monoisotopic (exact) mass is 218 g/mol. The molecule has 84 valence electrons. The number of fused-ring (bicyclic) bond motifs is 4. The lowest BCUT2D eigenvalue weighted by Crippen LogP contribution is -2.14. The minimum absolute atomic E-state index is 0.0381. The zero-order chi connectivity index (χ0) is 11.3. The van der Waals surface area contributed by atoms with Crippen LogP contribution >= 0.6 is 0 Å². The molecule has 3 heteroatoms. The van der Waals surface area contributed by atoms with E-state index >= 15 is 0 Å². The molecular formula is C13H14O3. The molecule has 0 fully saturated rings. The highest BCUT2D eigenvalue weighted by molar-refractivity contribution is 5.49. The molecule has 2 N–H and O–H groups in total. The molecule has 0 saturated heterocycles. The molecule has 0 spiro atoms. The van der Waals surface area contributed by atoms with E-state index < -0.39 is 0 Å². The van der Waals surface area contributed by atoms with Gasteiger partial charge in [0.15, 0.2) is 0 Å². The van der Waals surface area contributed by atoms with E-state index in [0.717, 1.165) is 29.7 Å². The number of benzene rings is 1. The summed E-state index contributed by atoms with van der Waals surface area (Å²) in [6, 6.07) is 5.87. The Balaban J connectivity index is 2.16. The summed E-state index contributed by atoms with van der Waals surface area (Å²) in [5, 5.41) is 19.7. The van der Waals surface area contributed by atoms with Crippen LogP contribution in [0.1, 0.15) is 23.5 Å². The first-order valence-electron chi connectivity index (χ1n) is 5.50. The molecule has 2 atom stereocenters. The van der Waals surface area contributed by atoms with Gasteiger partial charge in [-0.05, 0) is 30.0 Å². The minimum atomic E-state index is -0.0381. The Kier molecular flexibility index (Phi) is 1.90. The van der Waals surface area contributed by atoms with Crippen molar-refractivity contribution in [3.8, 4) is 5.75 Å². The van der Waals surface area contributed by atoms with Crippen LogP contribution in [0.2, 0.25) is 0 Å². The molecule has 3 nitrogen and oxygen atoms in total. The fraction of sp³-hybridized carbons (Fsp3) is 0.385. The molecule has 2 bridgehead atoms. The summed E-state index contributed by atoms with van der Waals surface area (Å²) >= 11 is 0. The quantitative estimate of drug-likeness (QED) is 0.761. The van der Waals surface area contributed by atoms with Crippen molar-refractivity contribution >= 4 is 0 Å². The Morgan fingerprint density at radius 3 is 2.81 bits per heavy atom. The van der Waals surface area contributed by atoms with Crippen molar-refractivity contribution in [3.63, 3.8) is 0 Å². The summed E-state index contributed by atoms with van der Waals surface area (Å²) in [5.41, 5.74) is 2.22. The zero-order valence-corrected chi connectivity index (χ0v) is 9.10. The smallest absolute Gasteiger partial charge is 0.137 e. The zero-order valence-electron chi connectivity index (χ0n) is 9.10. The van der Waals surface area contributed by atoms with Gasteiger partial charge in [0.1, 0.15) is 17.3 Å². The average Bonchev–Trinajstić information content (AvgIpc) is 2.55. The van der Waals surface area contributed by atoms with Gasteiger partial charge in [-0.1, -0.05) is 12.1 Å². The fourth-order valence-electron chi connectivity index (χ4n) is 2.91. The second kappa shape index (κ2) is 3.17. The molecule has 2 unspecified atom stereocenters. The Labute approximate surface area is 94.0 Å². The van der Waals surface area contributed by atoms with Crippen molar-refractivity contribution in [2.24, 2.45) is 5.92 Å². The SMILES string of the molecule is COc1cccc2c1CC1CC2C(O)=C1O. The molecule has 3 rings (SSSR count). The van der Waals surface area contributed by atoms with E-state index in [-0.39, 0.29) is 23.4 Å². The summed E-state index contributed by atoms with van der Waals surface area (Å²) in [5.74, 6) is 1.20. The normalized spacial score (nSPS) is 26.8. The minimum Gasteiger partial charge on any atom is -0.508 e. The van der Waals surface area contributed by atoms with Crippen molar-refractivity contribution < 1.29 is 14.9 Å². The van der Waals surface area contributed by atoms with E-state index in [2.05, 4.69) is 0 Å². The maximum Gasteiger partial charge on any atom is 0.137 e. The van der Waals surface area contributed by atoms with Gasteiger partial charge in [0.25, 0.3) is 0 Å². The summed E-state index contributed by atoms with van der Waals surface area (Å²) in [4.78, 5) is 0. The van der Waals surface area contributed by atoms with Crippen molar-refractivity contribution in [2.45, 2.75) is 18.8 Å². The lowest BCUT2D eigenvalue weighted by molar-refractivity contribution is 0.302. The standard InChI is InChI=1S/C13H14O3/c1-16-11-4-2-3-8-9(11)5-7-6-10(8)13(15)12(7)14/h2-4,7,10,14-15H,5-6H2,1H3. The molecule has 0 amide bonds. The van der Waals surface area contributed by atoms with Gasteiger partial charge in [-0.3, -0.25) is 0 Å². The highest BCUT2D eigenvalue weighted by Crippen LogP contribution is 2.49. The Bertz CT molecular complexity index is 476. The van der Waals surface area contributed by atoms with E-state index in [0.29, 0.717) is 0 Å². The Morgan fingerprint density at radius 1 is 1.25 bits per heavy atom. The largest absolute Gasteiger partial charge is 0.508 e. The molecule has 2 aliphatic carbocycles. The molecule has 2 aliphatic rings. The van der Waals surface area contributed by atoms with Crippen LogP contribution in [0.5, 0.6) is 5.75 Å². The van der Waals surface area contributed by atoms with Crippen molar-refractivity contribution in [1.82, 2.24) is 0 Å². The third-order valence-electron chi connectivity index (χ3n) is 3.71. The van der Waals surface area contributed by atoms with Crippen LogP contribution in [0.15, 0.2) is 29.7 Å². The third kappa shape index (κ3) is 1.08. The summed E-state index contributed by atoms with van der Waals surface area (Å²) in [6.45, 7) is 0. The summed E-state index contributed by atoms with van der Waals surface area (Å²) < 4.78 is 5.33. The molecule has 16 heavy (non-hydrogen) atoms. The van der Waals surface area contributed by atoms with Crippen molar-refractivity contribution in [2.75, 3.05) is 7.11 Å². The summed E-state index contributed by atoms with van der Waals surface area (Å²) in [6.07, 6.45) is 1.57. The number of methoxy groups -OCH3 is 1. The number of ether oxygens (including phenoxy) is 1. The molecule has 0 radical (unpaired) electrons. The van der Waals surface area contributed by atoms with E-state index in [9.17, 15) is 10.2 Å². The van der Waals surface area contributed by atoms with E-state index in [1.165, 1.54) is 0 Å². The second-order valence-corrected chi connectivity index (χ2v) is 4.49. The van der Waals surface area contributed by atoms with E-state index in [4.69, 9.17) is 4.74 Å². The van der Waals surface area contributed by atoms with Crippen LogP contribution in [0.4, 0.5) is 0 Å². The fourth-order valence-corrected chi connectivity index (χ4v) is 2.91. The molecule has 0 heterocycles. The van der Waals surface area contributed by atoms with Crippen LogP contribution in [-0.4, -0.2) is 17.3 Å². The first kappa shape index (κ1) is 9.58. The van der Waals surface area contributed by atoms with Crippen LogP contribution in [0.25, 0.3) is 0 Å². The average molecular weight is 218 g/mol. The van der Waals surface area contributed by atoms with Gasteiger partial charge >= 0.3 is 0 Å². The lowest BCUT2D eigenvalue weighted by Gasteiger charge is -2.24. The van der Waals surface area contributed by atoms with E-state index in [1.807, 2.05) is 18.2 Å². The van der Waals surface area contributed by atoms with E-state index in [1.54, 1.807) is 7.11 Å². The Morgan fingerprint density at radius 2 is 2.06 bits per heavy atom. The molecular weight excluding hydrogens is 204 g/mol. The molecule has 0 saturated carbocycles. The van der Waals surface area contributed by atoms with Crippen LogP contribution in [0, 0.1) is 5.92 Å². The van der Waals surface area contributed by atoms with Gasteiger partial charge in [-0.15, -0.1) is 0 Å². The van der Waals surface area contributed by atoms with Gasteiger partial charge in [-0.2, -0.15) is 0 Å². The van der Waals surface area contributed by atoms with Crippen LogP contribution < -0.4 is 4.74 Å². The van der Waals surface area contributed by atoms with Crippen molar-refractivity contribution in [3.05, 3.63) is 40.8 Å². The van der Waals surface area contributed by atoms with Crippen molar-refractivity contribution in [1.29, 1.82) is 0 Å². The van der Waals surface area contributed by atoms with Crippen LogP contribution in [-0.2, 0) is 6.42 Å².